The third-order valence-electron chi connectivity index (χ3n) is 6.25. The molecule has 0 radical (unpaired) electrons. The molecule has 200 valence electrons. The van der Waals surface area contributed by atoms with E-state index in [-0.39, 0.29) is 21.7 Å². The summed E-state index contributed by atoms with van der Waals surface area (Å²) in [5.41, 5.74) is 2.83. The van der Waals surface area contributed by atoms with Crippen molar-refractivity contribution < 1.29 is 35.5 Å². The van der Waals surface area contributed by atoms with E-state index in [1.807, 2.05) is 6.92 Å². The number of fused-ring (bicyclic) bond motifs is 2. The van der Waals surface area contributed by atoms with Crippen LogP contribution in [0.2, 0.25) is 0 Å². The highest BCUT2D eigenvalue weighted by Gasteiger charge is 2.24. The maximum Gasteiger partial charge on any atom is 0.358 e. The van der Waals surface area contributed by atoms with Gasteiger partial charge in [-0.1, -0.05) is 28.0 Å². The van der Waals surface area contributed by atoms with Crippen LogP contribution in [0.15, 0.2) is 63.7 Å². The first-order chi connectivity index (χ1) is 18.1. The zero-order valence-corrected chi connectivity index (χ0v) is 21.2. The van der Waals surface area contributed by atoms with Gasteiger partial charge in [0.2, 0.25) is 0 Å². The van der Waals surface area contributed by atoms with Crippen LogP contribution in [-0.4, -0.2) is 25.0 Å². The molecule has 0 fully saturated rings. The number of aryl methyl sites for hydroxylation is 3. The lowest BCUT2D eigenvalue weighted by Gasteiger charge is -2.18. The molecule has 0 saturated heterocycles. The molecule has 2 aliphatic carbocycles. The summed E-state index contributed by atoms with van der Waals surface area (Å²) in [6.45, 7) is 1.83. The topological polar surface area (TPSA) is 88.3 Å². The first-order valence-corrected chi connectivity index (χ1v) is 13.2. The van der Waals surface area contributed by atoms with E-state index in [2.05, 4.69) is 10.3 Å². The number of hydrogen-bond donors (Lipinski definition) is 1. The second-order valence-corrected chi connectivity index (χ2v) is 10.5. The van der Waals surface area contributed by atoms with Crippen LogP contribution in [0.3, 0.4) is 0 Å². The molecule has 0 aromatic heterocycles. The summed E-state index contributed by atoms with van der Waals surface area (Å²) in [4.78, 5) is -0.0342. The van der Waals surface area contributed by atoms with E-state index in [1.54, 1.807) is 12.1 Å². The van der Waals surface area contributed by atoms with Crippen molar-refractivity contribution in [1.29, 1.82) is 0 Å². The van der Waals surface area contributed by atoms with Crippen LogP contribution in [0.4, 0.5) is 17.6 Å². The van der Waals surface area contributed by atoms with Gasteiger partial charge in [-0.2, -0.15) is 8.42 Å². The number of oxime groups is 2. The van der Waals surface area contributed by atoms with Gasteiger partial charge < -0.3 is 5.21 Å². The zero-order chi connectivity index (χ0) is 27.4. The van der Waals surface area contributed by atoms with Crippen molar-refractivity contribution in [2.45, 2.75) is 50.3 Å². The van der Waals surface area contributed by atoms with Crippen molar-refractivity contribution in [1.82, 2.24) is 0 Å². The maximum atomic E-state index is 14.0. The van der Waals surface area contributed by atoms with Gasteiger partial charge in [-0.05, 0) is 80.8 Å². The van der Waals surface area contributed by atoms with Crippen molar-refractivity contribution in [3.63, 3.8) is 0 Å². The van der Waals surface area contributed by atoms with E-state index in [9.17, 15) is 26.0 Å². The van der Waals surface area contributed by atoms with Gasteiger partial charge in [0.15, 0.2) is 0 Å². The van der Waals surface area contributed by atoms with Crippen molar-refractivity contribution in [3.8, 4) is 0 Å². The minimum Gasteiger partial charge on any atom is -0.411 e. The van der Waals surface area contributed by atoms with Crippen molar-refractivity contribution >= 4 is 21.5 Å². The summed E-state index contributed by atoms with van der Waals surface area (Å²) in [5, 5.41) is 15.3. The lowest BCUT2D eigenvalue weighted by molar-refractivity contribution is 0.317. The van der Waals surface area contributed by atoms with Crippen LogP contribution in [0.1, 0.15) is 53.5 Å². The minimum atomic E-state index is -4.08. The molecule has 0 aliphatic heterocycles. The molecule has 3 aromatic carbocycles. The molecule has 2 aliphatic rings. The van der Waals surface area contributed by atoms with E-state index >= 15 is 0 Å². The third-order valence-corrected chi connectivity index (χ3v) is 7.37. The Kier molecular flexibility index (Phi) is 8.15. The maximum absolute atomic E-state index is 14.0. The van der Waals surface area contributed by atoms with Gasteiger partial charge in [-0.3, -0.25) is 4.28 Å². The molecule has 0 saturated carbocycles. The smallest absolute Gasteiger partial charge is 0.358 e. The highest BCUT2D eigenvalue weighted by molar-refractivity contribution is 7.86. The number of benzene rings is 3. The number of rotatable bonds is 3. The van der Waals surface area contributed by atoms with Crippen LogP contribution in [-0.2, 0) is 27.2 Å². The van der Waals surface area contributed by atoms with Gasteiger partial charge >= 0.3 is 10.1 Å². The lowest BCUT2D eigenvalue weighted by atomic mass is 9.89. The van der Waals surface area contributed by atoms with Gasteiger partial charge in [0, 0.05) is 23.3 Å². The molecule has 3 aromatic rings. The fourth-order valence-electron chi connectivity index (χ4n) is 4.47. The van der Waals surface area contributed by atoms with Crippen molar-refractivity contribution in [2.24, 2.45) is 10.3 Å². The molecule has 38 heavy (non-hydrogen) atoms. The predicted octanol–water partition coefficient (Wildman–Crippen LogP) is 6.20. The Balaban J connectivity index is 0.000000204. The molecular formula is C27H24F4N2O4S. The van der Waals surface area contributed by atoms with E-state index in [1.165, 1.54) is 24.3 Å². The molecule has 0 bridgehead atoms. The first kappa shape index (κ1) is 27.3. The van der Waals surface area contributed by atoms with Crippen LogP contribution >= 0.6 is 0 Å². The molecule has 0 atom stereocenters. The molecular weight excluding hydrogens is 524 g/mol. The van der Waals surface area contributed by atoms with Gasteiger partial charge in [0.05, 0.1) is 11.4 Å². The van der Waals surface area contributed by atoms with Gasteiger partial charge in [-0.25, -0.2) is 17.6 Å². The summed E-state index contributed by atoms with van der Waals surface area (Å²) < 4.78 is 82.6. The Bertz CT molecular complexity index is 1520. The highest BCUT2D eigenvalue weighted by Crippen LogP contribution is 2.27. The molecule has 1 N–H and O–H groups in total. The Hall–Kier alpha value is -3.73. The number of hydrogen-bond acceptors (Lipinski definition) is 6. The molecule has 0 heterocycles. The Morgan fingerprint density at radius 1 is 0.763 bits per heavy atom. The molecule has 5 rings (SSSR count). The second-order valence-electron chi connectivity index (χ2n) is 8.98. The van der Waals surface area contributed by atoms with Gasteiger partial charge in [0.1, 0.15) is 28.2 Å². The summed E-state index contributed by atoms with van der Waals surface area (Å²) in [6.07, 6.45) is 3.40. The quantitative estimate of drug-likeness (QED) is 0.240. The summed E-state index contributed by atoms with van der Waals surface area (Å²) >= 11 is 0. The average molecular weight is 549 g/mol. The van der Waals surface area contributed by atoms with E-state index in [4.69, 9.17) is 9.49 Å². The molecule has 0 amide bonds. The average Bonchev–Trinajstić information content (AvgIpc) is 2.87. The van der Waals surface area contributed by atoms with Crippen LogP contribution in [0.5, 0.6) is 0 Å². The summed E-state index contributed by atoms with van der Waals surface area (Å²) in [6, 6.07) is 10.2. The van der Waals surface area contributed by atoms with E-state index in [0.717, 1.165) is 24.1 Å². The van der Waals surface area contributed by atoms with Gasteiger partial charge in [-0.15, -0.1) is 0 Å². The monoisotopic (exact) mass is 548 g/mol. The highest BCUT2D eigenvalue weighted by atomic mass is 32.2. The standard InChI is InChI=1S/C17H15F2NO3S.C10H9F2NO/c1-11-5-7-14(8-6-11)24(21,22)23-20-16-4-2-3-12-9-13(18)10-15(19)17(12)16;11-7-4-6-2-1-3-9(13-14)10(6)8(12)5-7/h5-10H,2-4H2,1H3;4-5,14H,1-3H2/b20-16+;13-9+. The van der Waals surface area contributed by atoms with Crippen molar-refractivity contribution in [3.05, 3.63) is 99.6 Å². The third kappa shape index (κ3) is 6.04. The summed E-state index contributed by atoms with van der Waals surface area (Å²) in [5.74, 6) is -2.66. The Labute approximate surface area is 217 Å². The fourth-order valence-corrected chi connectivity index (χ4v) is 5.21. The fraction of sp³-hybridized carbons (Fsp3) is 0.259. The molecule has 6 nitrogen and oxygen atoms in total. The van der Waals surface area contributed by atoms with E-state index in [0.29, 0.717) is 48.9 Å². The first-order valence-electron chi connectivity index (χ1n) is 11.8. The van der Waals surface area contributed by atoms with Crippen LogP contribution < -0.4 is 0 Å². The normalized spacial score (nSPS) is 16.9. The largest absolute Gasteiger partial charge is 0.411 e. The Morgan fingerprint density at radius 2 is 1.26 bits per heavy atom. The zero-order valence-electron chi connectivity index (χ0n) is 20.3. The van der Waals surface area contributed by atoms with Gasteiger partial charge in [0.25, 0.3) is 0 Å². The summed E-state index contributed by atoms with van der Waals surface area (Å²) in [7, 11) is -4.08. The molecule has 11 heteroatoms. The van der Waals surface area contributed by atoms with Crippen molar-refractivity contribution in [2.75, 3.05) is 0 Å². The van der Waals surface area contributed by atoms with Crippen LogP contribution in [0.25, 0.3) is 0 Å². The predicted molar refractivity (Wildman–Crippen MR) is 133 cm³/mol. The SMILES string of the molecule is Cc1ccc(S(=O)(=O)O/N=C2\CCCc3cc(F)cc(F)c32)cc1.O/N=C1\CCCc2cc(F)cc(F)c21. The van der Waals surface area contributed by atoms with Crippen LogP contribution in [0, 0.1) is 30.2 Å². The minimum absolute atomic E-state index is 0.0342. The number of halogens is 4. The molecule has 0 unspecified atom stereocenters. The number of nitrogens with zero attached hydrogens (tertiary/aromatic N) is 2. The van der Waals surface area contributed by atoms with E-state index < -0.39 is 33.4 Å². The second kappa shape index (κ2) is 11.3. The Morgan fingerprint density at radius 3 is 1.79 bits per heavy atom. The molecule has 0 spiro atoms. The lowest BCUT2D eigenvalue weighted by Crippen LogP contribution is -2.16.